The Balaban J connectivity index is 1.79. The summed E-state index contributed by atoms with van der Waals surface area (Å²) >= 11 is 5.95. The van der Waals surface area contributed by atoms with Gasteiger partial charge in [-0.1, -0.05) is 17.7 Å². The third-order valence-electron chi connectivity index (χ3n) is 4.47. The molecule has 29 heavy (non-hydrogen) atoms. The Morgan fingerprint density at radius 3 is 2.41 bits per heavy atom. The maximum absolute atomic E-state index is 12.9. The number of carbonyl (C=O) groups is 1. The first-order chi connectivity index (χ1) is 14.0. The summed E-state index contributed by atoms with van der Waals surface area (Å²) in [5, 5.41) is 11.5. The summed E-state index contributed by atoms with van der Waals surface area (Å²) in [6.07, 6.45) is 4.52. The molecule has 1 aliphatic heterocycles. The van der Waals surface area contributed by atoms with Crippen LogP contribution in [0, 0.1) is 10.1 Å². The van der Waals surface area contributed by atoms with Gasteiger partial charge in [-0.25, -0.2) is 4.79 Å². The standard InChI is InChI=1S/C21H14ClN3O4/c22-16-5-3-14(4-6-16)20-12-19(15-2-1-11-23-13-15)24(21(26)29-20)17-7-9-18(10-8-17)25(27)28/h1-13,19H. The lowest BCUT2D eigenvalue weighted by atomic mass is 10.0. The molecule has 144 valence electrons. The van der Waals surface area contributed by atoms with E-state index >= 15 is 0 Å². The molecular weight excluding hydrogens is 394 g/mol. The third kappa shape index (κ3) is 3.81. The Labute approximate surface area is 171 Å². The summed E-state index contributed by atoms with van der Waals surface area (Å²) in [5.41, 5.74) is 1.89. The van der Waals surface area contributed by atoms with Crippen LogP contribution in [0.25, 0.3) is 5.76 Å². The number of cyclic esters (lactones) is 1. The van der Waals surface area contributed by atoms with Gasteiger partial charge in [0.1, 0.15) is 5.76 Å². The zero-order valence-electron chi connectivity index (χ0n) is 14.9. The average Bonchev–Trinajstić information content (AvgIpc) is 2.74. The van der Waals surface area contributed by atoms with Crippen molar-refractivity contribution in [2.45, 2.75) is 6.04 Å². The van der Waals surface area contributed by atoms with Gasteiger partial charge in [-0.05, 0) is 54.1 Å². The number of benzene rings is 2. The molecular formula is C21H14ClN3O4. The van der Waals surface area contributed by atoms with Gasteiger partial charge in [0.2, 0.25) is 0 Å². The first-order valence-corrected chi connectivity index (χ1v) is 9.04. The van der Waals surface area contributed by atoms with Crippen molar-refractivity contribution in [3.63, 3.8) is 0 Å². The number of nitro benzene ring substituents is 1. The fourth-order valence-corrected chi connectivity index (χ4v) is 3.20. The Bertz CT molecular complexity index is 1080. The number of non-ortho nitro benzene ring substituents is 1. The van der Waals surface area contributed by atoms with Gasteiger partial charge >= 0.3 is 6.09 Å². The van der Waals surface area contributed by atoms with Crippen molar-refractivity contribution in [2.24, 2.45) is 0 Å². The van der Waals surface area contributed by atoms with E-state index in [4.69, 9.17) is 16.3 Å². The SMILES string of the molecule is O=C1OC(c2ccc(Cl)cc2)=CC(c2cccnc2)N1c1ccc([N+](=O)[O-])cc1. The molecule has 1 aromatic heterocycles. The Kier molecular flexibility index (Phi) is 4.97. The van der Waals surface area contributed by atoms with Crippen molar-refractivity contribution >= 4 is 34.8 Å². The number of ether oxygens (including phenoxy) is 1. The number of rotatable bonds is 4. The highest BCUT2D eigenvalue weighted by molar-refractivity contribution is 6.30. The molecule has 0 N–H and O–H groups in total. The van der Waals surface area contributed by atoms with E-state index in [2.05, 4.69) is 4.98 Å². The Hall–Kier alpha value is -3.71. The lowest BCUT2D eigenvalue weighted by Gasteiger charge is -2.33. The van der Waals surface area contributed by atoms with Crippen LogP contribution in [0.1, 0.15) is 17.2 Å². The van der Waals surface area contributed by atoms with Crippen LogP contribution in [-0.2, 0) is 4.74 Å². The first kappa shape index (κ1) is 18.6. The number of hydrogen-bond acceptors (Lipinski definition) is 5. The molecule has 1 aliphatic rings. The highest BCUT2D eigenvalue weighted by Crippen LogP contribution is 2.37. The third-order valence-corrected chi connectivity index (χ3v) is 4.73. The van der Waals surface area contributed by atoms with Gasteiger partial charge in [-0.2, -0.15) is 0 Å². The molecule has 0 saturated carbocycles. The predicted octanol–water partition coefficient (Wildman–Crippen LogP) is 5.38. The molecule has 0 saturated heterocycles. The molecule has 2 aromatic carbocycles. The van der Waals surface area contributed by atoms with Crippen molar-refractivity contribution in [1.29, 1.82) is 0 Å². The number of hydrogen-bond donors (Lipinski definition) is 0. The molecule has 7 nitrogen and oxygen atoms in total. The lowest BCUT2D eigenvalue weighted by Crippen LogP contribution is -2.37. The van der Waals surface area contributed by atoms with E-state index in [9.17, 15) is 14.9 Å². The zero-order valence-corrected chi connectivity index (χ0v) is 15.7. The van der Waals surface area contributed by atoms with Gasteiger partial charge in [0, 0.05) is 40.8 Å². The first-order valence-electron chi connectivity index (χ1n) is 8.66. The normalized spacial score (nSPS) is 16.2. The van der Waals surface area contributed by atoms with E-state index < -0.39 is 17.1 Å². The molecule has 0 bridgehead atoms. The van der Waals surface area contributed by atoms with Gasteiger partial charge < -0.3 is 4.74 Å². The minimum Gasteiger partial charge on any atom is -0.410 e. The highest BCUT2D eigenvalue weighted by Gasteiger charge is 2.33. The second-order valence-corrected chi connectivity index (χ2v) is 6.72. The molecule has 0 fully saturated rings. The second kappa shape index (κ2) is 7.73. The largest absolute Gasteiger partial charge is 0.420 e. The van der Waals surface area contributed by atoms with Crippen molar-refractivity contribution < 1.29 is 14.5 Å². The van der Waals surface area contributed by atoms with Crippen LogP contribution >= 0.6 is 11.6 Å². The maximum atomic E-state index is 12.9. The highest BCUT2D eigenvalue weighted by atomic mass is 35.5. The van der Waals surface area contributed by atoms with Crippen LogP contribution in [0.4, 0.5) is 16.2 Å². The van der Waals surface area contributed by atoms with Crippen LogP contribution < -0.4 is 4.90 Å². The van der Waals surface area contributed by atoms with E-state index in [1.54, 1.807) is 42.7 Å². The van der Waals surface area contributed by atoms with Gasteiger partial charge in [-0.3, -0.25) is 20.0 Å². The number of anilines is 1. The van der Waals surface area contributed by atoms with Crippen LogP contribution in [0.15, 0.2) is 79.1 Å². The molecule has 0 spiro atoms. The van der Waals surface area contributed by atoms with Crippen LogP contribution in [0.5, 0.6) is 0 Å². The number of halogens is 1. The second-order valence-electron chi connectivity index (χ2n) is 6.28. The minimum atomic E-state index is -0.597. The van der Waals surface area contributed by atoms with Crippen LogP contribution in [0.2, 0.25) is 5.02 Å². The fourth-order valence-electron chi connectivity index (χ4n) is 3.08. The summed E-state index contributed by atoms with van der Waals surface area (Å²) in [6, 6.07) is 15.8. The zero-order chi connectivity index (χ0) is 20.4. The molecule has 2 heterocycles. The van der Waals surface area contributed by atoms with E-state index in [0.717, 1.165) is 5.56 Å². The number of carbonyl (C=O) groups excluding carboxylic acids is 1. The Morgan fingerprint density at radius 1 is 1.07 bits per heavy atom. The van der Waals surface area contributed by atoms with Gasteiger partial charge in [-0.15, -0.1) is 0 Å². The smallest absolute Gasteiger partial charge is 0.410 e. The van der Waals surface area contributed by atoms with E-state index in [-0.39, 0.29) is 5.69 Å². The number of nitrogens with zero attached hydrogens (tertiary/aromatic N) is 3. The van der Waals surface area contributed by atoms with Gasteiger partial charge in [0.25, 0.3) is 5.69 Å². The van der Waals surface area contributed by atoms with E-state index in [0.29, 0.717) is 22.0 Å². The molecule has 0 aliphatic carbocycles. The number of nitro groups is 1. The quantitative estimate of drug-likeness (QED) is 0.428. The lowest BCUT2D eigenvalue weighted by molar-refractivity contribution is -0.384. The minimum absolute atomic E-state index is 0.0607. The van der Waals surface area contributed by atoms with Gasteiger partial charge in [0.05, 0.1) is 11.0 Å². The molecule has 1 unspecified atom stereocenters. The summed E-state index contributed by atoms with van der Waals surface area (Å²) in [6.45, 7) is 0. The van der Waals surface area contributed by atoms with Crippen molar-refractivity contribution in [1.82, 2.24) is 4.98 Å². The number of aromatic nitrogens is 1. The average molecular weight is 408 g/mol. The molecule has 1 amide bonds. The van der Waals surface area contributed by atoms with Crippen molar-refractivity contribution in [3.8, 4) is 0 Å². The van der Waals surface area contributed by atoms with E-state index in [1.807, 2.05) is 12.1 Å². The Morgan fingerprint density at radius 2 is 1.79 bits per heavy atom. The summed E-state index contributed by atoms with van der Waals surface area (Å²) in [7, 11) is 0. The maximum Gasteiger partial charge on any atom is 0.420 e. The van der Waals surface area contributed by atoms with Crippen LogP contribution in [0.3, 0.4) is 0 Å². The topological polar surface area (TPSA) is 85.6 Å². The van der Waals surface area contributed by atoms with Crippen molar-refractivity contribution in [2.75, 3.05) is 4.90 Å². The molecule has 1 atom stereocenters. The number of pyridine rings is 1. The van der Waals surface area contributed by atoms with Gasteiger partial charge in [0.15, 0.2) is 0 Å². The molecule has 4 rings (SSSR count). The summed E-state index contributed by atoms with van der Waals surface area (Å²) in [4.78, 5) is 29.0. The summed E-state index contributed by atoms with van der Waals surface area (Å²) in [5.74, 6) is 0.402. The molecule has 0 radical (unpaired) electrons. The van der Waals surface area contributed by atoms with E-state index in [1.165, 1.54) is 29.2 Å². The molecule has 3 aromatic rings. The summed E-state index contributed by atoms with van der Waals surface area (Å²) < 4.78 is 5.56. The molecule has 8 heteroatoms. The fraction of sp³-hybridized carbons (Fsp3) is 0.0476. The monoisotopic (exact) mass is 407 g/mol. The van der Waals surface area contributed by atoms with Crippen LogP contribution in [-0.4, -0.2) is 16.0 Å². The predicted molar refractivity (Wildman–Crippen MR) is 108 cm³/mol. The number of amides is 1. The van der Waals surface area contributed by atoms with Crippen molar-refractivity contribution in [3.05, 3.63) is 105 Å².